The first-order valence-electron chi connectivity index (χ1n) is 19.3. The van der Waals surface area contributed by atoms with Gasteiger partial charge in [0.25, 0.3) is 5.91 Å². The van der Waals surface area contributed by atoms with Crippen molar-refractivity contribution in [1.82, 2.24) is 9.88 Å². The number of amides is 1. The van der Waals surface area contributed by atoms with Crippen LogP contribution in [0.3, 0.4) is 0 Å². The van der Waals surface area contributed by atoms with Crippen molar-refractivity contribution in [3.05, 3.63) is 140 Å². The minimum atomic E-state index is -1.19. The lowest BCUT2D eigenvalue weighted by Gasteiger charge is -2.17. The zero-order valence-corrected chi connectivity index (χ0v) is 33.9. The summed E-state index contributed by atoms with van der Waals surface area (Å²) in [6.45, 7) is 3.28. The number of carbonyl (C=O) groups excluding carboxylic acids is 2. The molecule has 0 saturated carbocycles. The maximum absolute atomic E-state index is 13.3. The molecule has 5 aromatic rings. The Morgan fingerprint density at radius 3 is 2.40 bits per heavy atom. The summed E-state index contributed by atoms with van der Waals surface area (Å²) < 4.78 is 14.8. The van der Waals surface area contributed by atoms with Crippen LogP contribution in [0.15, 0.2) is 111 Å². The van der Waals surface area contributed by atoms with E-state index in [1.54, 1.807) is 19.2 Å². The van der Waals surface area contributed by atoms with E-state index >= 15 is 0 Å². The first kappa shape index (κ1) is 40.0. The van der Waals surface area contributed by atoms with E-state index in [1.807, 2.05) is 6.07 Å². The molecule has 0 atom stereocenters. The highest BCUT2D eigenvalue weighted by molar-refractivity contribution is 9.10. The van der Waals surface area contributed by atoms with Gasteiger partial charge in [0.05, 0.1) is 12.7 Å². The van der Waals surface area contributed by atoms with Gasteiger partial charge >= 0.3 is 5.97 Å². The average Bonchev–Trinajstić information content (AvgIpc) is 3.46. The lowest BCUT2D eigenvalue weighted by Crippen LogP contribution is -2.24. The molecule has 1 aromatic heterocycles. The van der Waals surface area contributed by atoms with Gasteiger partial charge in [0, 0.05) is 81.2 Å². The van der Waals surface area contributed by atoms with E-state index in [4.69, 9.17) is 9.15 Å². The van der Waals surface area contributed by atoms with Crippen LogP contribution in [0.5, 0.6) is 11.5 Å². The number of hydrogen-bond acceptors (Lipinski definition) is 7. The number of phenolic OH excluding ortho intramolecular Hbond substituents is 1. The number of aromatic hydroxyl groups is 1. The number of ether oxygens (including phenoxy) is 1. The van der Waals surface area contributed by atoms with E-state index < -0.39 is 5.97 Å². The van der Waals surface area contributed by atoms with Gasteiger partial charge in [0.15, 0.2) is 5.43 Å². The SMILES string of the molecule is COc1ccc2c(c1)c(CCCC(=O)CCCCCNC(=O)c1ccc(C(=O)O)c(-c3c4ccc(=O)cc-4oc4cc(O)ccc34)c1)c(C)n2Cc1ccc(Br)cc1. The molecule has 0 fully saturated rings. The molecule has 1 aliphatic carbocycles. The number of methoxy groups -OCH3 is 1. The van der Waals surface area contributed by atoms with Crippen LogP contribution in [-0.2, 0) is 17.8 Å². The molecule has 0 unspecified atom stereocenters. The first-order valence-corrected chi connectivity index (χ1v) is 20.1. The van der Waals surface area contributed by atoms with Crippen molar-refractivity contribution in [1.29, 1.82) is 0 Å². The number of benzene rings is 5. The maximum atomic E-state index is 13.3. The summed E-state index contributed by atoms with van der Waals surface area (Å²) in [5.74, 6) is -0.366. The van der Waals surface area contributed by atoms with Crippen molar-refractivity contribution in [3.8, 4) is 33.9 Å². The normalized spacial score (nSPS) is 11.4. The number of halogens is 1. The van der Waals surface area contributed by atoms with Crippen LogP contribution in [0.1, 0.15) is 76.1 Å². The zero-order chi connectivity index (χ0) is 40.9. The van der Waals surface area contributed by atoms with Gasteiger partial charge in [-0.15, -0.1) is 0 Å². The lowest BCUT2D eigenvalue weighted by atomic mass is 9.89. The summed E-state index contributed by atoms with van der Waals surface area (Å²) in [5, 5.41) is 24.8. The second-order valence-electron chi connectivity index (χ2n) is 14.5. The van der Waals surface area contributed by atoms with Crippen LogP contribution in [0.25, 0.3) is 44.3 Å². The van der Waals surface area contributed by atoms with Crippen molar-refractivity contribution < 1.29 is 33.8 Å². The van der Waals surface area contributed by atoms with Gasteiger partial charge in [0.1, 0.15) is 28.6 Å². The molecule has 3 N–H and O–H groups in total. The van der Waals surface area contributed by atoms with Crippen LogP contribution < -0.4 is 15.5 Å². The second kappa shape index (κ2) is 17.5. The number of Topliss-reactive ketones (excluding diaryl/α,β-unsaturated/α-hetero) is 1. The van der Waals surface area contributed by atoms with E-state index in [9.17, 15) is 29.4 Å². The highest BCUT2D eigenvalue weighted by Crippen LogP contribution is 2.42. The first-order chi connectivity index (χ1) is 28.0. The fourth-order valence-corrected chi connectivity index (χ4v) is 7.96. The van der Waals surface area contributed by atoms with Crippen molar-refractivity contribution in [2.75, 3.05) is 13.7 Å². The van der Waals surface area contributed by atoms with E-state index in [1.165, 1.54) is 59.3 Å². The molecule has 0 radical (unpaired) electrons. The molecule has 4 aromatic carbocycles. The number of nitrogens with zero attached hydrogens (tertiary/aromatic N) is 1. The molecular formula is C47H43BrN2O8. The summed E-state index contributed by atoms with van der Waals surface area (Å²) in [6, 6.07) is 27.6. The number of rotatable bonds is 16. The van der Waals surface area contributed by atoms with Gasteiger partial charge in [-0.3, -0.25) is 14.4 Å². The lowest BCUT2D eigenvalue weighted by molar-refractivity contribution is -0.119. The molecule has 2 heterocycles. The van der Waals surface area contributed by atoms with Gasteiger partial charge < -0.3 is 29.3 Å². The topological polar surface area (TPSA) is 148 Å². The van der Waals surface area contributed by atoms with Crippen molar-refractivity contribution in [2.24, 2.45) is 0 Å². The predicted molar refractivity (Wildman–Crippen MR) is 228 cm³/mol. The molecular weight excluding hydrogens is 800 g/mol. The van der Waals surface area contributed by atoms with Crippen molar-refractivity contribution >= 4 is 55.5 Å². The smallest absolute Gasteiger partial charge is 0.336 e. The number of phenols is 1. The second-order valence-corrected chi connectivity index (χ2v) is 15.4. The average molecular weight is 844 g/mol. The Morgan fingerprint density at radius 1 is 0.828 bits per heavy atom. The third kappa shape index (κ3) is 8.69. The number of carboxylic acid groups (broad SMARTS) is 1. The summed E-state index contributed by atoms with van der Waals surface area (Å²) in [5.41, 5.74) is 6.19. The van der Waals surface area contributed by atoms with Crippen LogP contribution >= 0.6 is 15.9 Å². The molecule has 0 spiro atoms. The van der Waals surface area contributed by atoms with Gasteiger partial charge in [-0.25, -0.2) is 4.79 Å². The van der Waals surface area contributed by atoms with E-state index in [0.29, 0.717) is 48.7 Å². The third-order valence-electron chi connectivity index (χ3n) is 10.7. The molecule has 1 aliphatic heterocycles. The minimum Gasteiger partial charge on any atom is -0.508 e. The summed E-state index contributed by atoms with van der Waals surface area (Å²) in [6.07, 6.45) is 4.66. The van der Waals surface area contributed by atoms with E-state index in [-0.39, 0.29) is 50.9 Å². The van der Waals surface area contributed by atoms with Gasteiger partial charge in [-0.1, -0.05) is 34.5 Å². The highest BCUT2D eigenvalue weighted by atomic mass is 79.9. The Labute approximate surface area is 343 Å². The van der Waals surface area contributed by atoms with E-state index in [0.717, 1.165) is 46.9 Å². The van der Waals surface area contributed by atoms with Crippen molar-refractivity contribution in [3.63, 3.8) is 0 Å². The summed E-state index contributed by atoms with van der Waals surface area (Å²) in [4.78, 5) is 50.8. The number of aromatic nitrogens is 1. The van der Waals surface area contributed by atoms with Crippen LogP contribution in [0.4, 0.5) is 0 Å². The molecule has 2 aliphatic rings. The molecule has 11 heteroatoms. The summed E-state index contributed by atoms with van der Waals surface area (Å²) in [7, 11) is 1.67. The number of carboxylic acids is 1. The van der Waals surface area contributed by atoms with Gasteiger partial charge in [-0.05, 0) is 122 Å². The number of ketones is 1. The fourth-order valence-electron chi connectivity index (χ4n) is 7.69. The number of aryl methyl sites for hydroxylation is 1. The van der Waals surface area contributed by atoms with Crippen LogP contribution in [-0.4, -0.2) is 46.1 Å². The Balaban J connectivity index is 0.939. The molecule has 0 saturated heterocycles. The molecule has 0 bridgehead atoms. The Morgan fingerprint density at radius 2 is 1.62 bits per heavy atom. The molecule has 10 nitrogen and oxygen atoms in total. The van der Waals surface area contributed by atoms with Crippen molar-refractivity contribution in [2.45, 2.75) is 58.4 Å². The summed E-state index contributed by atoms with van der Waals surface area (Å²) >= 11 is 3.52. The van der Waals surface area contributed by atoms with E-state index in [2.05, 4.69) is 69.1 Å². The fraction of sp³-hybridized carbons (Fsp3) is 0.234. The molecule has 296 valence electrons. The number of hydrogen-bond donors (Lipinski definition) is 3. The predicted octanol–water partition coefficient (Wildman–Crippen LogP) is 9.93. The zero-order valence-electron chi connectivity index (χ0n) is 32.3. The van der Waals surface area contributed by atoms with Gasteiger partial charge in [0.2, 0.25) is 0 Å². The van der Waals surface area contributed by atoms with Crippen LogP contribution in [0, 0.1) is 6.92 Å². The Bertz CT molecular complexity index is 2700. The minimum absolute atomic E-state index is 0.0341. The number of aromatic carboxylic acids is 1. The number of fused-ring (bicyclic) bond motifs is 3. The standard InChI is InChI=1S/C47H43BrN2O8/c1-28-36(40-26-35(57-2)17-21-42(40)50(28)27-29-10-13-31(48)14-11-29)9-6-8-32(51)7-4-3-5-22-49-46(54)30-12-18-37(47(55)56)41(23-30)45-38-19-15-33(52)24-43(38)58-44-25-34(53)16-20-39(44)45/h10-21,23-26,52H,3-9,22,27H2,1-2H3,(H,49,54)(H,55,56). The highest BCUT2D eigenvalue weighted by Gasteiger charge is 2.23. The largest absolute Gasteiger partial charge is 0.508 e. The van der Waals surface area contributed by atoms with Crippen LogP contribution in [0.2, 0.25) is 0 Å². The monoisotopic (exact) mass is 842 g/mol. The quantitative estimate of drug-likeness (QED) is 0.0644. The van der Waals surface area contributed by atoms with Gasteiger partial charge in [-0.2, -0.15) is 0 Å². The number of carbonyl (C=O) groups is 3. The third-order valence-corrected chi connectivity index (χ3v) is 11.2. The maximum Gasteiger partial charge on any atom is 0.336 e. The molecule has 58 heavy (non-hydrogen) atoms. The molecule has 7 rings (SSSR count). The molecule has 1 amide bonds. The Kier molecular flexibility index (Phi) is 12.1. The Hall–Kier alpha value is -6.20. The number of unbranched alkanes of at least 4 members (excludes halogenated alkanes) is 2. The number of nitrogens with one attached hydrogen (secondary N) is 1.